The van der Waals surface area contributed by atoms with Gasteiger partial charge in [0.05, 0.1) is 19.4 Å². The van der Waals surface area contributed by atoms with E-state index in [1.54, 1.807) is 17.0 Å². The van der Waals surface area contributed by atoms with Crippen LogP contribution in [-0.2, 0) is 29.0 Å². The Morgan fingerprint density at radius 3 is 1.50 bits per heavy atom. The molecule has 2 aliphatic heterocycles. The Bertz CT molecular complexity index is 1880. The molecule has 312 valence electrons. The first kappa shape index (κ1) is 43.8. The minimum atomic E-state index is -4.74. The lowest BCUT2D eigenvalue weighted by atomic mass is 10.1. The van der Waals surface area contributed by atoms with Gasteiger partial charge in [0.1, 0.15) is 36.3 Å². The molecule has 0 bridgehead atoms. The standard InChI is InChI=1S/C21H22F4N2O3.C21H24F2N2O3/c22-17-3-7-18(8-4-17)29-14-13-26-9-11-27(12-10-26)20(28)15-16-1-5-19(6-2-16)30-21(23,24)25;22-18-5-6-20(19(23)14-18)28-12-11-24-7-9-25(10-8-24)21(27)13-16-1-3-17(15-26)4-2-16/h1-8H,9-15H2;1-6,14,26H,7-13,15H2. The zero-order valence-corrected chi connectivity index (χ0v) is 31.8. The monoisotopic (exact) mass is 816 g/mol. The van der Waals surface area contributed by atoms with E-state index in [9.17, 15) is 35.9 Å². The predicted molar refractivity (Wildman–Crippen MR) is 203 cm³/mol. The molecule has 0 saturated carbocycles. The largest absolute Gasteiger partial charge is 0.573 e. The van der Waals surface area contributed by atoms with Crippen LogP contribution in [0.2, 0.25) is 0 Å². The van der Waals surface area contributed by atoms with E-state index >= 15 is 0 Å². The lowest BCUT2D eigenvalue weighted by Crippen LogP contribution is -2.49. The highest BCUT2D eigenvalue weighted by Crippen LogP contribution is 2.23. The highest BCUT2D eigenvalue weighted by molar-refractivity contribution is 5.79. The van der Waals surface area contributed by atoms with Gasteiger partial charge < -0.3 is 29.1 Å². The van der Waals surface area contributed by atoms with Crippen LogP contribution in [0, 0.1) is 17.5 Å². The van der Waals surface area contributed by atoms with Crippen LogP contribution in [0.25, 0.3) is 0 Å². The normalized spacial score (nSPS) is 15.0. The zero-order chi connectivity index (χ0) is 41.5. The number of aliphatic hydroxyl groups excluding tert-OH is 1. The van der Waals surface area contributed by atoms with Crippen molar-refractivity contribution >= 4 is 11.8 Å². The Morgan fingerprint density at radius 1 is 0.569 bits per heavy atom. The predicted octanol–water partition coefficient (Wildman–Crippen LogP) is 5.71. The summed E-state index contributed by atoms with van der Waals surface area (Å²) in [6.07, 6.45) is -4.26. The van der Waals surface area contributed by atoms with Gasteiger partial charge >= 0.3 is 6.36 Å². The number of hydrogen-bond acceptors (Lipinski definition) is 8. The summed E-state index contributed by atoms with van der Waals surface area (Å²) in [5, 5.41) is 9.07. The number of amides is 2. The first-order chi connectivity index (χ1) is 27.8. The number of halogens is 6. The smallest absolute Gasteiger partial charge is 0.492 e. The number of nitrogens with zero attached hydrogens (tertiary/aromatic N) is 4. The summed E-state index contributed by atoms with van der Waals surface area (Å²) in [6.45, 7) is 7.35. The molecule has 0 aromatic heterocycles. The molecule has 2 aliphatic rings. The Morgan fingerprint density at radius 2 is 1.02 bits per heavy atom. The third-order valence-corrected chi connectivity index (χ3v) is 9.57. The van der Waals surface area contributed by atoms with Gasteiger partial charge in [-0.25, -0.2) is 13.2 Å². The highest BCUT2D eigenvalue weighted by Gasteiger charge is 2.31. The lowest BCUT2D eigenvalue weighted by molar-refractivity contribution is -0.274. The number of rotatable bonds is 14. The molecule has 1 N–H and O–H groups in total. The van der Waals surface area contributed by atoms with Crippen LogP contribution in [0.15, 0.2) is 91.0 Å². The molecule has 0 unspecified atom stereocenters. The van der Waals surface area contributed by atoms with E-state index in [-0.39, 0.29) is 42.2 Å². The first-order valence-corrected chi connectivity index (χ1v) is 18.8. The fourth-order valence-corrected chi connectivity index (χ4v) is 6.29. The van der Waals surface area contributed by atoms with E-state index in [4.69, 9.17) is 14.6 Å². The van der Waals surface area contributed by atoms with Crippen molar-refractivity contribution in [2.45, 2.75) is 25.8 Å². The van der Waals surface area contributed by atoms with Gasteiger partial charge in [0, 0.05) is 71.5 Å². The van der Waals surface area contributed by atoms with Gasteiger partial charge in [-0.2, -0.15) is 0 Å². The van der Waals surface area contributed by atoms with Crippen LogP contribution in [0.5, 0.6) is 17.2 Å². The number of ether oxygens (including phenoxy) is 3. The summed E-state index contributed by atoms with van der Waals surface area (Å²) >= 11 is 0. The summed E-state index contributed by atoms with van der Waals surface area (Å²) in [6, 6.07) is 21.8. The Labute approximate surface area is 333 Å². The van der Waals surface area contributed by atoms with Gasteiger partial charge in [-0.3, -0.25) is 19.4 Å². The SMILES string of the molecule is O=C(Cc1ccc(CO)cc1)N1CCN(CCOc2ccc(F)cc2F)CC1.O=C(Cc1ccc(OC(F)(F)F)cc1)N1CCN(CCOc2ccc(F)cc2)CC1. The molecule has 0 spiro atoms. The van der Waals surface area contributed by atoms with Crippen molar-refractivity contribution in [1.29, 1.82) is 0 Å². The van der Waals surface area contributed by atoms with Gasteiger partial charge in [0.2, 0.25) is 11.8 Å². The average Bonchev–Trinajstić information content (AvgIpc) is 3.21. The van der Waals surface area contributed by atoms with E-state index in [0.29, 0.717) is 83.3 Å². The number of hydrogen-bond donors (Lipinski definition) is 1. The Kier molecular flexibility index (Phi) is 16.2. The minimum Gasteiger partial charge on any atom is -0.492 e. The topological polar surface area (TPSA) is 95.0 Å². The van der Waals surface area contributed by atoms with Crippen LogP contribution >= 0.6 is 0 Å². The molecule has 2 fully saturated rings. The van der Waals surface area contributed by atoms with E-state index < -0.39 is 18.0 Å². The third-order valence-electron chi connectivity index (χ3n) is 9.57. The quantitative estimate of drug-likeness (QED) is 0.162. The Hall–Kier alpha value is -5.32. The molecule has 2 heterocycles. The summed E-state index contributed by atoms with van der Waals surface area (Å²) in [5.74, 6) is -1.29. The Balaban J connectivity index is 0.000000221. The second-order valence-electron chi connectivity index (χ2n) is 13.7. The minimum absolute atomic E-state index is 0.00625. The van der Waals surface area contributed by atoms with E-state index in [2.05, 4.69) is 14.5 Å². The molecular weight excluding hydrogens is 770 g/mol. The maximum Gasteiger partial charge on any atom is 0.573 e. The number of carbonyl (C=O) groups excluding carboxylic acids is 2. The molecule has 0 radical (unpaired) electrons. The summed E-state index contributed by atoms with van der Waals surface area (Å²) < 4.78 is 90.7. The number of piperazine rings is 2. The maximum atomic E-state index is 13.5. The van der Waals surface area contributed by atoms with Crippen molar-refractivity contribution in [1.82, 2.24) is 19.6 Å². The third kappa shape index (κ3) is 14.6. The zero-order valence-electron chi connectivity index (χ0n) is 31.8. The second kappa shape index (κ2) is 21.4. The molecule has 0 aliphatic carbocycles. The summed E-state index contributed by atoms with van der Waals surface area (Å²) in [5.41, 5.74) is 2.39. The lowest BCUT2D eigenvalue weighted by Gasteiger charge is -2.34. The van der Waals surface area contributed by atoms with Crippen LogP contribution in [0.4, 0.5) is 26.3 Å². The van der Waals surface area contributed by atoms with Crippen molar-refractivity contribution in [2.24, 2.45) is 0 Å². The second-order valence-corrected chi connectivity index (χ2v) is 13.7. The van der Waals surface area contributed by atoms with Crippen molar-refractivity contribution in [3.8, 4) is 17.2 Å². The molecule has 4 aromatic rings. The van der Waals surface area contributed by atoms with Crippen LogP contribution < -0.4 is 14.2 Å². The van der Waals surface area contributed by atoms with Crippen molar-refractivity contribution in [2.75, 3.05) is 78.7 Å². The average molecular weight is 817 g/mol. The van der Waals surface area contributed by atoms with Gasteiger partial charge in [-0.05, 0) is 65.2 Å². The molecule has 0 atom stereocenters. The summed E-state index contributed by atoms with van der Waals surface area (Å²) in [4.78, 5) is 32.8. The van der Waals surface area contributed by atoms with Crippen LogP contribution in [0.3, 0.4) is 0 Å². The van der Waals surface area contributed by atoms with Crippen molar-refractivity contribution in [3.63, 3.8) is 0 Å². The number of aliphatic hydroxyl groups is 1. The molecule has 16 heteroatoms. The highest BCUT2D eigenvalue weighted by atomic mass is 19.4. The molecule has 4 aromatic carbocycles. The van der Waals surface area contributed by atoms with Crippen molar-refractivity contribution in [3.05, 3.63) is 125 Å². The van der Waals surface area contributed by atoms with Gasteiger partial charge in [-0.15, -0.1) is 13.2 Å². The molecule has 6 rings (SSSR count). The molecule has 2 saturated heterocycles. The van der Waals surface area contributed by atoms with Crippen molar-refractivity contribution < 1.29 is 55.2 Å². The van der Waals surface area contributed by atoms with E-state index in [1.807, 2.05) is 29.2 Å². The van der Waals surface area contributed by atoms with Crippen LogP contribution in [-0.4, -0.2) is 122 Å². The molecule has 10 nitrogen and oxygen atoms in total. The van der Waals surface area contributed by atoms with E-state index in [0.717, 1.165) is 30.3 Å². The van der Waals surface area contributed by atoms with Crippen LogP contribution in [0.1, 0.15) is 16.7 Å². The number of alkyl halides is 3. The fraction of sp³-hybridized carbons (Fsp3) is 0.381. The number of carbonyl (C=O) groups is 2. The summed E-state index contributed by atoms with van der Waals surface area (Å²) in [7, 11) is 0. The van der Waals surface area contributed by atoms with Gasteiger partial charge in [-0.1, -0.05) is 36.4 Å². The van der Waals surface area contributed by atoms with Gasteiger partial charge in [0.15, 0.2) is 11.6 Å². The first-order valence-electron chi connectivity index (χ1n) is 18.8. The van der Waals surface area contributed by atoms with E-state index in [1.165, 1.54) is 48.5 Å². The fourth-order valence-electron chi connectivity index (χ4n) is 6.29. The molecule has 58 heavy (non-hydrogen) atoms. The van der Waals surface area contributed by atoms with Gasteiger partial charge in [0.25, 0.3) is 0 Å². The molecule has 2 amide bonds. The maximum absolute atomic E-state index is 13.5. The number of benzene rings is 4. The molecular formula is C42H46F6N4O6.